The molecule has 1 aromatic carbocycles. The molecule has 0 saturated heterocycles. The third kappa shape index (κ3) is 4.70. The van der Waals surface area contributed by atoms with E-state index < -0.39 is 24.4 Å². The maximum atomic E-state index is 12.2. The van der Waals surface area contributed by atoms with Gasteiger partial charge in [0.1, 0.15) is 5.82 Å². The Morgan fingerprint density at radius 3 is 2.34 bits per heavy atom. The van der Waals surface area contributed by atoms with Crippen LogP contribution in [0.25, 0.3) is 0 Å². The summed E-state index contributed by atoms with van der Waals surface area (Å²) in [4.78, 5) is 31.1. The quantitative estimate of drug-likeness (QED) is 0.672. The Labute approximate surface area is 174 Å². The second-order valence-corrected chi connectivity index (χ2v) is 7.69. The molecular weight excluding hydrogens is 430 g/mol. The largest absolute Gasteiger partial charge is 0.471 e. The minimum absolute atomic E-state index is 0.0136. The molecule has 1 aromatic heterocycles. The Kier molecular flexibility index (Phi) is 6.14. The number of ketones is 1. The Balaban J connectivity index is 1.69. The molecule has 2 aromatic rings. The summed E-state index contributed by atoms with van der Waals surface area (Å²) in [6, 6.07) is 5.48. The smallest absolute Gasteiger partial charge is 0.341 e. The lowest BCUT2D eigenvalue weighted by molar-refractivity contribution is -0.173. The van der Waals surface area contributed by atoms with E-state index >= 15 is 0 Å². The third-order valence-corrected chi connectivity index (χ3v) is 5.84. The lowest BCUT2D eigenvalue weighted by Gasteiger charge is -2.42. The van der Waals surface area contributed by atoms with E-state index in [4.69, 9.17) is 23.2 Å². The van der Waals surface area contributed by atoms with Gasteiger partial charge in [0.15, 0.2) is 5.78 Å². The molecule has 1 saturated carbocycles. The lowest BCUT2D eigenvalue weighted by atomic mass is 9.62. The molecule has 10 heteroatoms. The predicted octanol–water partition coefficient (Wildman–Crippen LogP) is 4.31. The van der Waals surface area contributed by atoms with Gasteiger partial charge in [0.25, 0.3) is 0 Å². The van der Waals surface area contributed by atoms with Crippen LogP contribution in [0.1, 0.15) is 41.0 Å². The van der Waals surface area contributed by atoms with E-state index in [1.165, 1.54) is 17.7 Å². The van der Waals surface area contributed by atoms with Crippen molar-refractivity contribution in [3.05, 3.63) is 57.6 Å². The zero-order valence-electron chi connectivity index (χ0n) is 15.0. The van der Waals surface area contributed by atoms with Crippen molar-refractivity contribution in [1.82, 2.24) is 15.3 Å². The lowest BCUT2D eigenvalue weighted by Crippen LogP contribution is -2.39. The molecule has 3 rings (SSSR count). The highest BCUT2D eigenvalue weighted by molar-refractivity contribution is 6.42. The van der Waals surface area contributed by atoms with Crippen molar-refractivity contribution in [2.75, 3.05) is 6.54 Å². The SMILES string of the molecule is O=C(CNC(=O)C(F)(F)F)c1cnc(CC2(c3cccc(Cl)c3Cl)CCC2)nc1. The number of aromatic nitrogens is 2. The molecule has 1 aliphatic carbocycles. The van der Waals surface area contributed by atoms with Crippen LogP contribution >= 0.6 is 23.2 Å². The zero-order chi connectivity index (χ0) is 21.2. The van der Waals surface area contributed by atoms with E-state index in [0.29, 0.717) is 22.3 Å². The number of carbonyl (C=O) groups is 2. The number of alkyl halides is 3. The first-order chi connectivity index (χ1) is 13.6. The second-order valence-electron chi connectivity index (χ2n) is 6.90. The maximum Gasteiger partial charge on any atom is 0.471 e. The van der Waals surface area contributed by atoms with E-state index in [0.717, 1.165) is 24.8 Å². The molecule has 1 heterocycles. The minimum atomic E-state index is -5.04. The summed E-state index contributed by atoms with van der Waals surface area (Å²) in [6.45, 7) is -0.789. The van der Waals surface area contributed by atoms with Gasteiger partial charge in [0.2, 0.25) is 0 Å². The summed E-state index contributed by atoms with van der Waals surface area (Å²) in [5.41, 5.74) is 0.699. The van der Waals surface area contributed by atoms with Gasteiger partial charge in [-0.3, -0.25) is 9.59 Å². The average molecular weight is 446 g/mol. The van der Waals surface area contributed by atoms with Crippen molar-refractivity contribution >= 4 is 34.9 Å². The molecule has 0 radical (unpaired) electrons. The van der Waals surface area contributed by atoms with Crippen molar-refractivity contribution in [2.45, 2.75) is 37.3 Å². The molecule has 0 spiro atoms. The first-order valence-electron chi connectivity index (χ1n) is 8.76. The Morgan fingerprint density at radius 1 is 1.14 bits per heavy atom. The van der Waals surface area contributed by atoms with Crippen molar-refractivity contribution < 1.29 is 22.8 Å². The molecule has 5 nitrogen and oxygen atoms in total. The van der Waals surface area contributed by atoms with E-state index in [2.05, 4.69) is 9.97 Å². The Bertz CT molecular complexity index is 929. The highest BCUT2D eigenvalue weighted by atomic mass is 35.5. The molecule has 29 heavy (non-hydrogen) atoms. The second kappa shape index (κ2) is 8.28. The number of amides is 1. The topological polar surface area (TPSA) is 72.0 Å². The number of halogens is 5. The maximum absolute atomic E-state index is 12.2. The van der Waals surface area contributed by atoms with E-state index in [1.54, 1.807) is 6.07 Å². The fourth-order valence-corrected chi connectivity index (χ4v) is 3.81. The summed E-state index contributed by atoms with van der Waals surface area (Å²) >= 11 is 12.5. The number of carbonyl (C=O) groups excluding carboxylic acids is 2. The molecule has 0 atom stereocenters. The summed E-state index contributed by atoms with van der Waals surface area (Å²) in [5, 5.41) is 2.50. The molecule has 1 N–H and O–H groups in total. The van der Waals surface area contributed by atoms with Crippen LogP contribution in [-0.2, 0) is 16.6 Å². The number of hydrogen-bond donors (Lipinski definition) is 1. The highest BCUT2D eigenvalue weighted by Gasteiger charge is 2.41. The van der Waals surface area contributed by atoms with Crippen molar-refractivity contribution in [3.63, 3.8) is 0 Å². The van der Waals surface area contributed by atoms with Gasteiger partial charge >= 0.3 is 12.1 Å². The summed E-state index contributed by atoms with van der Waals surface area (Å²) < 4.78 is 36.5. The van der Waals surface area contributed by atoms with Crippen LogP contribution in [0.3, 0.4) is 0 Å². The van der Waals surface area contributed by atoms with Crippen LogP contribution in [0.5, 0.6) is 0 Å². The molecule has 154 valence electrons. The molecular formula is C19H16Cl2F3N3O2. The normalized spacial score (nSPS) is 15.5. The van der Waals surface area contributed by atoms with E-state index in [1.807, 2.05) is 12.1 Å². The van der Waals surface area contributed by atoms with Crippen molar-refractivity contribution in [1.29, 1.82) is 0 Å². The molecule has 1 amide bonds. The number of benzene rings is 1. The molecule has 1 fully saturated rings. The van der Waals surface area contributed by atoms with E-state index in [9.17, 15) is 22.8 Å². The molecule has 1 aliphatic rings. The van der Waals surface area contributed by atoms with Crippen molar-refractivity contribution in [3.8, 4) is 0 Å². The minimum Gasteiger partial charge on any atom is -0.341 e. The van der Waals surface area contributed by atoms with Crippen LogP contribution in [0.15, 0.2) is 30.6 Å². The van der Waals surface area contributed by atoms with E-state index in [-0.39, 0.29) is 11.0 Å². The average Bonchev–Trinajstić information content (AvgIpc) is 2.64. The highest BCUT2D eigenvalue weighted by Crippen LogP contribution is 2.49. The first-order valence-corrected chi connectivity index (χ1v) is 9.52. The van der Waals surface area contributed by atoms with Crippen molar-refractivity contribution in [2.24, 2.45) is 0 Å². The third-order valence-electron chi connectivity index (χ3n) is 5.02. The van der Waals surface area contributed by atoms with Gasteiger partial charge in [-0.1, -0.05) is 41.8 Å². The van der Waals surface area contributed by atoms with Gasteiger partial charge in [0.05, 0.1) is 22.2 Å². The Morgan fingerprint density at radius 2 is 1.79 bits per heavy atom. The first kappa shape index (κ1) is 21.5. The number of rotatable bonds is 6. The summed E-state index contributed by atoms with van der Waals surface area (Å²) in [7, 11) is 0. The molecule has 0 bridgehead atoms. The molecule has 0 aliphatic heterocycles. The van der Waals surface area contributed by atoms with Gasteiger partial charge in [-0.15, -0.1) is 0 Å². The summed E-state index contributed by atoms with van der Waals surface area (Å²) in [6.07, 6.45) is 0.748. The van der Waals surface area contributed by atoms with Crippen LogP contribution in [0.2, 0.25) is 10.0 Å². The summed E-state index contributed by atoms with van der Waals surface area (Å²) in [5.74, 6) is -2.41. The van der Waals surface area contributed by atoms with Crippen LogP contribution < -0.4 is 5.32 Å². The Hall–Kier alpha value is -2.19. The fraction of sp³-hybridized carbons (Fsp3) is 0.368. The standard InChI is InChI=1S/C19H16Cl2F3N3O2/c20-13-4-1-3-12(16(13)21)18(5-2-6-18)7-15-25-8-11(9-26-15)14(28)10-27-17(29)19(22,23)24/h1,3-4,8-9H,2,5-7,10H2,(H,27,29). The molecule has 0 unspecified atom stereocenters. The number of nitrogens with zero attached hydrogens (tertiary/aromatic N) is 2. The van der Waals surface area contributed by atoms with Gasteiger partial charge in [-0.25, -0.2) is 9.97 Å². The zero-order valence-corrected chi connectivity index (χ0v) is 16.5. The number of nitrogens with one attached hydrogen (secondary N) is 1. The van der Waals surface area contributed by atoms with Gasteiger partial charge < -0.3 is 5.32 Å². The van der Waals surface area contributed by atoms with Crippen LogP contribution in [-0.4, -0.2) is 34.4 Å². The van der Waals surface area contributed by atoms with Crippen LogP contribution in [0.4, 0.5) is 13.2 Å². The van der Waals surface area contributed by atoms with Gasteiger partial charge in [-0.2, -0.15) is 13.2 Å². The van der Waals surface area contributed by atoms with Crippen LogP contribution in [0, 0.1) is 0 Å². The predicted molar refractivity (Wildman–Crippen MR) is 101 cm³/mol. The van der Waals surface area contributed by atoms with Gasteiger partial charge in [0, 0.05) is 24.2 Å². The number of hydrogen-bond acceptors (Lipinski definition) is 4. The monoisotopic (exact) mass is 445 g/mol. The van der Waals surface area contributed by atoms with Gasteiger partial charge in [-0.05, 0) is 24.5 Å². The number of Topliss-reactive ketones (excluding diaryl/α,β-unsaturated/α-hetero) is 1. The fourth-order valence-electron chi connectivity index (χ4n) is 3.31.